The van der Waals surface area contributed by atoms with E-state index in [1.807, 2.05) is 0 Å². The summed E-state index contributed by atoms with van der Waals surface area (Å²) in [4.78, 5) is 0. The minimum absolute atomic E-state index is 1.18. The zero-order chi connectivity index (χ0) is 13.1. The summed E-state index contributed by atoms with van der Waals surface area (Å²) in [5.41, 5.74) is 3.29. The summed E-state index contributed by atoms with van der Waals surface area (Å²) in [6.07, 6.45) is 21.5. The van der Waals surface area contributed by atoms with E-state index >= 15 is 0 Å². The first kappa shape index (κ1) is 15.5. The molecular formula is C18H32. The van der Waals surface area contributed by atoms with Crippen LogP contribution in [0, 0.1) is 0 Å². The molecule has 0 radical (unpaired) electrons. The third kappa shape index (κ3) is 6.42. The lowest BCUT2D eigenvalue weighted by Crippen LogP contribution is -1.93. The van der Waals surface area contributed by atoms with Crippen molar-refractivity contribution in [3.05, 3.63) is 23.3 Å². The maximum absolute atomic E-state index is 2.55. The molecule has 0 aromatic heterocycles. The Morgan fingerprint density at radius 2 is 1.56 bits per heavy atom. The van der Waals surface area contributed by atoms with Crippen molar-refractivity contribution in [3.8, 4) is 0 Å². The van der Waals surface area contributed by atoms with Gasteiger partial charge >= 0.3 is 0 Å². The van der Waals surface area contributed by atoms with Crippen LogP contribution in [0.25, 0.3) is 0 Å². The molecule has 0 fully saturated rings. The van der Waals surface area contributed by atoms with E-state index in [1.165, 1.54) is 77.0 Å². The molecule has 0 spiro atoms. The highest BCUT2D eigenvalue weighted by molar-refractivity contribution is 5.30. The summed E-state index contributed by atoms with van der Waals surface area (Å²) in [7, 11) is 0. The minimum Gasteiger partial charge on any atom is -0.0813 e. The molecule has 1 aliphatic carbocycles. The van der Waals surface area contributed by atoms with Gasteiger partial charge in [0.15, 0.2) is 0 Å². The Morgan fingerprint density at radius 1 is 0.944 bits per heavy atom. The molecule has 0 aromatic rings. The largest absolute Gasteiger partial charge is 0.0813 e. The van der Waals surface area contributed by atoms with Crippen molar-refractivity contribution < 1.29 is 0 Å². The molecule has 0 heteroatoms. The van der Waals surface area contributed by atoms with E-state index in [0.717, 1.165) is 0 Å². The lowest BCUT2D eigenvalue weighted by molar-refractivity contribution is 0.563. The van der Waals surface area contributed by atoms with Crippen LogP contribution in [0.5, 0.6) is 0 Å². The van der Waals surface area contributed by atoms with Crippen LogP contribution < -0.4 is 0 Å². The van der Waals surface area contributed by atoms with Crippen molar-refractivity contribution in [1.29, 1.82) is 0 Å². The second-order valence-corrected chi connectivity index (χ2v) is 5.59. The maximum Gasteiger partial charge on any atom is -0.0279 e. The molecular weight excluding hydrogens is 216 g/mol. The zero-order valence-electron chi connectivity index (χ0n) is 12.6. The van der Waals surface area contributed by atoms with Gasteiger partial charge in [-0.2, -0.15) is 0 Å². The van der Waals surface area contributed by atoms with Gasteiger partial charge in [-0.3, -0.25) is 0 Å². The molecule has 0 nitrogen and oxygen atoms in total. The fraction of sp³-hybridized carbons (Fsp3) is 0.778. The molecule has 0 heterocycles. The van der Waals surface area contributed by atoms with Crippen molar-refractivity contribution in [2.24, 2.45) is 0 Å². The minimum atomic E-state index is 1.18. The monoisotopic (exact) mass is 248 g/mol. The highest BCUT2D eigenvalue weighted by atomic mass is 14.1. The second-order valence-electron chi connectivity index (χ2n) is 5.59. The van der Waals surface area contributed by atoms with E-state index < -0.39 is 0 Å². The van der Waals surface area contributed by atoms with Crippen LogP contribution in [0.2, 0.25) is 0 Å². The Labute approximate surface area is 115 Å². The van der Waals surface area contributed by atoms with E-state index in [-0.39, 0.29) is 0 Å². The van der Waals surface area contributed by atoms with E-state index in [1.54, 1.807) is 11.1 Å². The summed E-state index contributed by atoms with van der Waals surface area (Å²) in [5, 5.41) is 0. The summed E-state index contributed by atoms with van der Waals surface area (Å²) < 4.78 is 0. The van der Waals surface area contributed by atoms with E-state index in [4.69, 9.17) is 0 Å². The maximum atomic E-state index is 2.55. The number of allylic oxidation sites excluding steroid dienone is 4. The number of rotatable bonds is 3. The highest BCUT2D eigenvalue weighted by Crippen LogP contribution is 2.24. The SMILES string of the molecule is CC/C=C(CC)/C1=C/CCCCCCCCCC1. The molecule has 0 atom stereocenters. The molecule has 0 saturated heterocycles. The molecule has 104 valence electrons. The van der Waals surface area contributed by atoms with Gasteiger partial charge in [-0.25, -0.2) is 0 Å². The third-order valence-corrected chi connectivity index (χ3v) is 4.03. The van der Waals surface area contributed by atoms with Crippen molar-refractivity contribution in [2.45, 2.75) is 90.9 Å². The van der Waals surface area contributed by atoms with Gasteiger partial charge in [0.25, 0.3) is 0 Å². The van der Waals surface area contributed by atoms with Gasteiger partial charge in [0.2, 0.25) is 0 Å². The van der Waals surface area contributed by atoms with Crippen LogP contribution in [-0.2, 0) is 0 Å². The Balaban J connectivity index is 2.60. The van der Waals surface area contributed by atoms with Crippen LogP contribution in [0.4, 0.5) is 0 Å². The molecule has 0 bridgehead atoms. The van der Waals surface area contributed by atoms with E-state index in [0.29, 0.717) is 0 Å². The summed E-state index contributed by atoms with van der Waals surface area (Å²) in [5.74, 6) is 0. The molecule has 0 amide bonds. The smallest absolute Gasteiger partial charge is 0.0279 e. The van der Waals surface area contributed by atoms with Crippen molar-refractivity contribution in [3.63, 3.8) is 0 Å². The average Bonchev–Trinajstić information content (AvgIpc) is 2.37. The van der Waals surface area contributed by atoms with Gasteiger partial charge in [0.05, 0.1) is 0 Å². The zero-order valence-corrected chi connectivity index (χ0v) is 12.6. The predicted octanol–water partition coefficient (Wildman–Crippen LogP) is 6.57. The molecule has 0 unspecified atom stereocenters. The normalized spacial score (nSPS) is 23.7. The van der Waals surface area contributed by atoms with Crippen molar-refractivity contribution in [2.75, 3.05) is 0 Å². The Bertz CT molecular complexity index is 257. The van der Waals surface area contributed by atoms with Crippen LogP contribution in [-0.4, -0.2) is 0 Å². The molecule has 1 aliphatic rings. The van der Waals surface area contributed by atoms with Gasteiger partial charge in [0, 0.05) is 0 Å². The van der Waals surface area contributed by atoms with Gasteiger partial charge in [0.1, 0.15) is 0 Å². The quantitative estimate of drug-likeness (QED) is 0.529. The highest BCUT2D eigenvalue weighted by Gasteiger charge is 2.04. The first-order valence-corrected chi connectivity index (χ1v) is 8.27. The van der Waals surface area contributed by atoms with Crippen molar-refractivity contribution >= 4 is 0 Å². The first-order chi connectivity index (χ1) is 8.88. The fourth-order valence-corrected chi connectivity index (χ4v) is 2.94. The fourth-order valence-electron chi connectivity index (χ4n) is 2.94. The van der Waals surface area contributed by atoms with Crippen LogP contribution in [0.1, 0.15) is 90.9 Å². The van der Waals surface area contributed by atoms with Crippen LogP contribution in [0.3, 0.4) is 0 Å². The molecule has 0 aliphatic heterocycles. The van der Waals surface area contributed by atoms with Crippen LogP contribution in [0.15, 0.2) is 23.3 Å². The van der Waals surface area contributed by atoms with Gasteiger partial charge in [-0.05, 0) is 49.7 Å². The predicted molar refractivity (Wildman–Crippen MR) is 82.9 cm³/mol. The summed E-state index contributed by atoms with van der Waals surface area (Å²) in [6.45, 7) is 4.56. The number of hydrogen-bond donors (Lipinski definition) is 0. The molecule has 0 N–H and O–H groups in total. The van der Waals surface area contributed by atoms with Gasteiger partial charge in [-0.15, -0.1) is 0 Å². The lowest BCUT2D eigenvalue weighted by atomic mass is 9.94. The standard InChI is InChI=1S/C18H32/c1-3-14-17(4-2)18-15-12-10-8-6-5-7-9-11-13-16-18/h14-15H,3-13,16H2,1-2H3/b17-14+,18-15+. The summed E-state index contributed by atoms with van der Waals surface area (Å²) >= 11 is 0. The Morgan fingerprint density at radius 3 is 2.17 bits per heavy atom. The Kier molecular flexibility index (Phi) is 8.98. The third-order valence-electron chi connectivity index (χ3n) is 4.03. The molecule has 0 saturated carbocycles. The molecule has 1 rings (SSSR count). The van der Waals surface area contributed by atoms with Gasteiger partial charge < -0.3 is 0 Å². The average molecular weight is 248 g/mol. The van der Waals surface area contributed by atoms with E-state index in [9.17, 15) is 0 Å². The molecule has 0 aromatic carbocycles. The van der Waals surface area contributed by atoms with Crippen molar-refractivity contribution in [1.82, 2.24) is 0 Å². The van der Waals surface area contributed by atoms with E-state index in [2.05, 4.69) is 26.0 Å². The van der Waals surface area contributed by atoms with Gasteiger partial charge in [-0.1, -0.05) is 64.5 Å². The first-order valence-electron chi connectivity index (χ1n) is 8.27. The molecule has 18 heavy (non-hydrogen) atoms. The van der Waals surface area contributed by atoms with Crippen LogP contribution >= 0.6 is 0 Å². The Hall–Kier alpha value is -0.520. The topological polar surface area (TPSA) is 0 Å². The second kappa shape index (κ2) is 10.4. The summed E-state index contributed by atoms with van der Waals surface area (Å²) in [6, 6.07) is 0. The lowest BCUT2D eigenvalue weighted by Gasteiger charge is -2.12. The number of hydrogen-bond acceptors (Lipinski definition) is 0.